The minimum Gasteiger partial charge on any atom is -0.330 e. The Kier molecular flexibility index (Phi) is 7.53. The molecule has 1 aliphatic rings. The topological polar surface area (TPSA) is 29.3 Å². The van der Waals surface area contributed by atoms with Crippen molar-refractivity contribution in [3.63, 3.8) is 0 Å². The maximum atomic E-state index is 6.06. The van der Waals surface area contributed by atoms with Crippen LogP contribution in [0.5, 0.6) is 0 Å². The third kappa shape index (κ3) is 7.08. The van der Waals surface area contributed by atoms with E-state index in [1.165, 1.54) is 51.6 Å². The van der Waals surface area contributed by atoms with Crippen molar-refractivity contribution in [1.82, 2.24) is 4.90 Å². The summed E-state index contributed by atoms with van der Waals surface area (Å²) in [4.78, 5) is 2.77. The van der Waals surface area contributed by atoms with Crippen molar-refractivity contribution < 1.29 is 0 Å². The SMILES string of the molecule is CC(C)CCN(CC(CN)CC(C)(C)C)C1CCCC1. The molecule has 0 saturated heterocycles. The van der Waals surface area contributed by atoms with Crippen molar-refractivity contribution in [3.8, 4) is 0 Å². The Morgan fingerprint density at radius 2 is 1.75 bits per heavy atom. The minimum atomic E-state index is 0.392. The van der Waals surface area contributed by atoms with E-state index in [1.54, 1.807) is 0 Å². The first-order valence-electron chi connectivity index (χ1n) is 8.76. The van der Waals surface area contributed by atoms with Crippen LogP contribution in [-0.4, -0.2) is 30.6 Å². The van der Waals surface area contributed by atoms with Gasteiger partial charge in [-0.15, -0.1) is 0 Å². The molecular weight excluding hydrogens is 244 g/mol. The fourth-order valence-corrected chi connectivity index (χ4v) is 3.54. The Morgan fingerprint density at radius 1 is 1.15 bits per heavy atom. The molecule has 0 aromatic rings. The van der Waals surface area contributed by atoms with E-state index in [4.69, 9.17) is 5.73 Å². The summed E-state index contributed by atoms with van der Waals surface area (Å²) < 4.78 is 0. The molecule has 120 valence electrons. The zero-order chi connectivity index (χ0) is 15.2. The van der Waals surface area contributed by atoms with E-state index >= 15 is 0 Å². The fourth-order valence-electron chi connectivity index (χ4n) is 3.54. The maximum absolute atomic E-state index is 6.06. The standard InChI is InChI=1S/C18H38N2/c1-15(2)10-11-20(17-8-6-7-9-17)14-16(13-19)12-18(3,4)5/h15-17H,6-14,19H2,1-5H3. The van der Waals surface area contributed by atoms with Crippen LogP contribution in [0.2, 0.25) is 0 Å². The van der Waals surface area contributed by atoms with Gasteiger partial charge in [-0.05, 0) is 56.0 Å². The summed E-state index contributed by atoms with van der Waals surface area (Å²) in [5, 5.41) is 0. The second-order valence-electron chi connectivity index (χ2n) is 8.48. The number of hydrogen-bond donors (Lipinski definition) is 1. The molecule has 1 atom stereocenters. The second kappa shape index (κ2) is 8.38. The van der Waals surface area contributed by atoms with Crippen molar-refractivity contribution in [2.75, 3.05) is 19.6 Å². The van der Waals surface area contributed by atoms with Crippen molar-refractivity contribution in [3.05, 3.63) is 0 Å². The van der Waals surface area contributed by atoms with Crippen molar-refractivity contribution in [1.29, 1.82) is 0 Å². The smallest absolute Gasteiger partial charge is 0.00953 e. The van der Waals surface area contributed by atoms with Gasteiger partial charge in [0.05, 0.1) is 0 Å². The van der Waals surface area contributed by atoms with Gasteiger partial charge in [-0.1, -0.05) is 47.5 Å². The molecule has 1 saturated carbocycles. The molecule has 0 radical (unpaired) electrons. The van der Waals surface area contributed by atoms with Gasteiger partial charge in [0.1, 0.15) is 0 Å². The fraction of sp³-hybridized carbons (Fsp3) is 1.00. The van der Waals surface area contributed by atoms with Gasteiger partial charge in [-0.25, -0.2) is 0 Å². The molecule has 1 rings (SSSR count). The molecule has 0 heterocycles. The van der Waals surface area contributed by atoms with E-state index in [-0.39, 0.29) is 0 Å². The summed E-state index contributed by atoms with van der Waals surface area (Å²) in [6.07, 6.45) is 8.23. The maximum Gasteiger partial charge on any atom is 0.00953 e. The number of hydrogen-bond acceptors (Lipinski definition) is 2. The van der Waals surface area contributed by atoms with Crippen LogP contribution < -0.4 is 5.73 Å². The molecule has 0 amide bonds. The van der Waals surface area contributed by atoms with Crippen molar-refractivity contribution >= 4 is 0 Å². The predicted molar refractivity (Wildman–Crippen MR) is 89.9 cm³/mol. The Bertz CT molecular complexity index is 249. The van der Waals surface area contributed by atoms with Crippen LogP contribution in [-0.2, 0) is 0 Å². The minimum absolute atomic E-state index is 0.392. The molecule has 2 N–H and O–H groups in total. The largest absolute Gasteiger partial charge is 0.330 e. The normalized spacial score (nSPS) is 19.2. The van der Waals surface area contributed by atoms with Crippen LogP contribution in [0.25, 0.3) is 0 Å². The van der Waals surface area contributed by atoms with Gasteiger partial charge >= 0.3 is 0 Å². The second-order valence-corrected chi connectivity index (χ2v) is 8.48. The molecule has 1 aliphatic carbocycles. The zero-order valence-electron chi connectivity index (χ0n) is 14.6. The third-order valence-corrected chi connectivity index (χ3v) is 4.56. The summed E-state index contributed by atoms with van der Waals surface area (Å²) >= 11 is 0. The summed E-state index contributed by atoms with van der Waals surface area (Å²) in [5.74, 6) is 1.46. The average molecular weight is 283 g/mol. The highest BCUT2D eigenvalue weighted by Crippen LogP contribution is 2.28. The van der Waals surface area contributed by atoms with E-state index in [1.807, 2.05) is 0 Å². The Balaban J connectivity index is 2.56. The zero-order valence-corrected chi connectivity index (χ0v) is 14.6. The summed E-state index contributed by atoms with van der Waals surface area (Å²) in [6, 6.07) is 0.836. The van der Waals surface area contributed by atoms with Crippen LogP contribution in [0.4, 0.5) is 0 Å². The first-order chi connectivity index (χ1) is 9.31. The quantitative estimate of drug-likeness (QED) is 0.719. The molecule has 1 unspecified atom stereocenters. The molecule has 0 aliphatic heterocycles. The number of nitrogens with zero attached hydrogens (tertiary/aromatic N) is 1. The molecule has 20 heavy (non-hydrogen) atoms. The molecule has 0 aromatic carbocycles. The lowest BCUT2D eigenvalue weighted by atomic mass is 9.84. The highest BCUT2D eigenvalue weighted by atomic mass is 15.2. The third-order valence-electron chi connectivity index (χ3n) is 4.56. The predicted octanol–water partition coefficient (Wildman–Crippen LogP) is 4.29. The van der Waals surface area contributed by atoms with E-state index in [2.05, 4.69) is 39.5 Å². The lowest BCUT2D eigenvalue weighted by Gasteiger charge is -2.35. The van der Waals surface area contributed by atoms with Crippen molar-refractivity contribution in [2.24, 2.45) is 23.0 Å². The molecule has 0 aromatic heterocycles. The van der Waals surface area contributed by atoms with Gasteiger partial charge in [0.2, 0.25) is 0 Å². The molecular formula is C18H38N2. The van der Waals surface area contributed by atoms with Gasteiger partial charge in [0.25, 0.3) is 0 Å². The van der Waals surface area contributed by atoms with Gasteiger partial charge in [0.15, 0.2) is 0 Å². The van der Waals surface area contributed by atoms with Gasteiger partial charge in [-0.2, -0.15) is 0 Å². The average Bonchev–Trinajstić information content (AvgIpc) is 2.84. The van der Waals surface area contributed by atoms with Crippen LogP contribution >= 0.6 is 0 Å². The van der Waals surface area contributed by atoms with Crippen LogP contribution in [0, 0.1) is 17.3 Å². The first kappa shape index (κ1) is 18.0. The molecule has 2 heteroatoms. The van der Waals surface area contributed by atoms with E-state index in [0.717, 1.165) is 18.5 Å². The Hall–Kier alpha value is -0.0800. The molecule has 1 fully saturated rings. The van der Waals surface area contributed by atoms with E-state index in [9.17, 15) is 0 Å². The van der Waals surface area contributed by atoms with Crippen LogP contribution in [0.1, 0.15) is 73.1 Å². The molecule has 2 nitrogen and oxygen atoms in total. The van der Waals surface area contributed by atoms with E-state index in [0.29, 0.717) is 11.3 Å². The van der Waals surface area contributed by atoms with Gasteiger partial charge in [-0.3, -0.25) is 0 Å². The van der Waals surface area contributed by atoms with Gasteiger partial charge in [0, 0.05) is 12.6 Å². The van der Waals surface area contributed by atoms with Crippen molar-refractivity contribution in [2.45, 2.75) is 79.2 Å². The monoisotopic (exact) mass is 282 g/mol. The number of nitrogens with two attached hydrogens (primary N) is 1. The summed E-state index contributed by atoms with van der Waals surface area (Å²) in [5.41, 5.74) is 6.45. The number of rotatable bonds is 8. The Labute approximate surface area is 127 Å². The highest BCUT2D eigenvalue weighted by molar-refractivity contribution is 4.81. The highest BCUT2D eigenvalue weighted by Gasteiger charge is 2.26. The first-order valence-corrected chi connectivity index (χ1v) is 8.76. The molecule has 0 bridgehead atoms. The van der Waals surface area contributed by atoms with Crippen LogP contribution in [0.3, 0.4) is 0 Å². The molecule has 0 spiro atoms. The Morgan fingerprint density at radius 3 is 2.20 bits per heavy atom. The lowest BCUT2D eigenvalue weighted by molar-refractivity contribution is 0.141. The van der Waals surface area contributed by atoms with E-state index < -0.39 is 0 Å². The van der Waals surface area contributed by atoms with Crippen LogP contribution in [0.15, 0.2) is 0 Å². The van der Waals surface area contributed by atoms with Gasteiger partial charge < -0.3 is 10.6 Å². The summed E-state index contributed by atoms with van der Waals surface area (Å²) in [7, 11) is 0. The summed E-state index contributed by atoms with van der Waals surface area (Å²) in [6.45, 7) is 15.0. The lowest BCUT2D eigenvalue weighted by Crippen LogP contribution is -2.41.